The van der Waals surface area contributed by atoms with Crippen molar-refractivity contribution in [2.75, 3.05) is 12.4 Å². The van der Waals surface area contributed by atoms with Crippen molar-refractivity contribution in [2.24, 2.45) is 0 Å². The molecule has 2 aromatic rings. The van der Waals surface area contributed by atoms with E-state index in [1.807, 2.05) is 30.3 Å². The molecule has 1 heterocycles. The highest BCUT2D eigenvalue weighted by molar-refractivity contribution is 7.99. The molecular weight excluding hydrogens is 415 g/mol. The lowest BCUT2D eigenvalue weighted by Gasteiger charge is -2.27. The van der Waals surface area contributed by atoms with E-state index in [1.54, 1.807) is 13.0 Å². The van der Waals surface area contributed by atoms with Crippen molar-refractivity contribution in [2.45, 2.75) is 24.5 Å². The number of rotatable bonds is 5. The van der Waals surface area contributed by atoms with E-state index < -0.39 is 35.0 Å². The second-order valence-electron chi connectivity index (χ2n) is 6.56. The predicted octanol–water partition coefficient (Wildman–Crippen LogP) is 4.92. The fraction of sp³-hybridized carbons (Fsp3) is 0.273. The number of hydrogen-bond acceptors (Lipinski definition) is 4. The SMILES string of the molecule is CCOC(=O)C1CSC(c2ccc(C(F)(F)F)cc2)N1C(=O)/C=C/c1ccccc1. The molecule has 0 aromatic heterocycles. The number of carbonyl (C=O) groups excluding carboxylic acids is 2. The molecule has 1 amide bonds. The molecule has 3 rings (SSSR count). The molecule has 0 N–H and O–H groups in total. The topological polar surface area (TPSA) is 46.6 Å². The quantitative estimate of drug-likeness (QED) is 0.494. The first-order chi connectivity index (χ1) is 14.3. The second kappa shape index (κ2) is 9.38. The van der Waals surface area contributed by atoms with E-state index in [0.29, 0.717) is 11.3 Å². The summed E-state index contributed by atoms with van der Waals surface area (Å²) in [6.45, 7) is 1.85. The van der Waals surface area contributed by atoms with Crippen molar-refractivity contribution < 1.29 is 27.5 Å². The molecule has 1 aliphatic heterocycles. The zero-order valence-electron chi connectivity index (χ0n) is 16.1. The standard InChI is InChI=1S/C22H20F3NO3S/c1-2-29-21(28)18-14-30-20(16-9-11-17(12-10-16)22(23,24)25)26(18)19(27)13-8-15-6-4-3-5-7-15/h3-13,18,20H,2,14H2,1H3/b13-8+. The van der Waals surface area contributed by atoms with Gasteiger partial charge in [0, 0.05) is 11.8 Å². The molecule has 0 bridgehead atoms. The fourth-order valence-corrected chi connectivity index (χ4v) is 4.53. The van der Waals surface area contributed by atoms with Gasteiger partial charge in [-0.1, -0.05) is 42.5 Å². The van der Waals surface area contributed by atoms with Crippen molar-refractivity contribution in [1.29, 1.82) is 0 Å². The van der Waals surface area contributed by atoms with Gasteiger partial charge in [-0.05, 0) is 36.3 Å². The lowest BCUT2D eigenvalue weighted by Crippen LogP contribution is -2.43. The lowest BCUT2D eigenvalue weighted by molar-refractivity contribution is -0.152. The van der Waals surface area contributed by atoms with Crippen LogP contribution in [0.3, 0.4) is 0 Å². The molecule has 2 unspecified atom stereocenters. The van der Waals surface area contributed by atoms with Gasteiger partial charge in [0.05, 0.1) is 12.2 Å². The van der Waals surface area contributed by atoms with Crippen LogP contribution in [0.15, 0.2) is 60.7 Å². The number of halogens is 3. The highest BCUT2D eigenvalue weighted by Gasteiger charge is 2.42. The molecule has 0 saturated carbocycles. The molecule has 1 saturated heterocycles. The molecule has 30 heavy (non-hydrogen) atoms. The van der Waals surface area contributed by atoms with Gasteiger partial charge in [0.1, 0.15) is 11.4 Å². The van der Waals surface area contributed by atoms with Gasteiger partial charge in [-0.15, -0.1) is 11.8 Å². The summed E-state index contributed by atoms with van der Waals surface area (Å²) >= 11 is 1.32. The lowest BCUT2D eigenvalue weighted by atomic mass is 10.1. The van der Waals surface area contributed by atoms with Gasteiger partial charge in [-0.2, -0.15) is 13.2 Å². The van der Waals surface area contributed by atoms with Crippen LogP contribution in [-0.2, 0) is 20.5 Å². The van der Waals surface area contributed by atoms with Crippen LogP contribution < -0.4 is 0 Å². The van der Waals surface area contributed by atoms with Crippen molar-refractivity contribution in [3.63, 3.8) is 0 Å². The first-order valence-corrected chi connectivity index (χ1v) is 10.4. The highest BCUT2D eigenvalue weighted by atomic mass is 32.2. The summed E-state index contributed by atoms with van der Waals surface area (Å²) in [7, 11) is 0. The zero-order valence-corrected chi connectivity index (χ0v) is 17.0. The van der Waals surface area contributed by atoms with Crippen molar-refractivity contribution in [3.05, 3.63) is 77.4 Å². The zero-order chi connectivity index (χ0) is 21.7. The largest absolute Gasteiger partial charge is 0.464 e. The van der Waals surface area contributed by atoms with E-state index in [0.717, 1.165) is 17.7 Å². The van der Waals surface area contributed by atoms with Crippen LogP contribution in [0, 0.1) is 0 Å². The van der Waals surface area contributed by atoms with Crippen LogP contribution in [-0.4, -0.2) is 35.2 Å². The van der Waals surface area contributed by atoms with Gasteiger partial charge in [-0.25, -0.2) is 4.79 Å². The Hall–Kier alpha value is -2.74. The molecule has 158 valence electrons. The van der Waals surface area contributed by atoms with Crippen LogP contribution in [0.5, 0.6) is 0 Å². The minimum atomic E-state index is -4.44. The minimum Gasteiger partial charge on any atom is -0.464 e. The molecule has 2 atom stereocenters. The molecule has 0 spiro atoms. The van der Waals surface area contributed by atoms with E-state index in [1.165, 1.54) is 34.9 Å². The van der Waals surface area contributed by atoms with Gasteiger partial charge >= 0.3 is 12.1 Å². The third-order valence-corrected chi connectivity index (χ3v) is 5.88. The number of benzene rings is 2. The van der Waals surface area contributed by atoms with Gasteiger partial charge in [-0.3, -0.25) is 4.79 Å². The monoisotopic (exact) mass is 435 g/mol. The molecular formula is C22H20F3NO3S. The van der Waals surface area contributed by atoms with Gasteiger partial charge in [0.25, 0.3) is 0 Å². The maximum absolute atomic E-state index is 13.0. The third-order valence-electron chi connectivity index (χ3n) is 4.55. The number of esters is 1. The number of ether oxygens (including phenoxy) is 1. The minimum absolute atomic E-state index is 0.173. The maximum Gasteiger partial charge on any atom is 0.416 e. The molecule has 2 aromatic carbocycles. The number of alkyl halides is 3. The fourth-order valence-electron chi connectivity index (χ4n) is 3.11. The predicted molar refractivity (Wildman–Crippen MR) is 109 cm³/mol. The number of hydrogen-bond donors (Lipinski definition) is 0. The molecule has 1 aliphatic rings. The highest BCUT2D eigenvalue weighted by Crippen LogP contribution is 2.42. The number of carbonyl (C=O) groups is 2. The van der Waals surface area contributed by atoms with Crippen LogP contribution in [0.1, 0.15) is 29.0 Å². The third kappa shape index (κ3) is 5.05. The van der Waals surface area contributed by atoms with Crippen molar-refractivity contribution in [3.8, 4) is 0 Å². The van der Waals surface area contributed by atoms with Gasteiger partial charge in [0.2, 0.25) is 5.91 Å². The van der Waals surface area contributed by atoms with E-state index in [-0.39, 0.29) is 6.61 Å². The number of amides is 1. The molecule has 0 radical (unpaired) electrons. The summed E-state index contributed by atoms with van der Waals surface area (Å²) in [5.74, 6) is -0.636. The average molecular weight is 435 g/mol. The Morgan fingerprint density at radius 3 is 2.40 bits per heavy atom. The first kappa shape index (κ1) is 22.0. The van der Waals surface area contributed by atoms with Crippen molar-refractivity contribution in [1.82, 2.24) is 4.90 Å². The van der Waals surface area contributed by atoms with Gasteiger partial charge in [0.15, 0.2) is 0 Å². The Kier molecular flexibility index (Phi) is 6.87. The molecule has 0 aliphatic carbocycles. The smallest absolute Gasteiger partial charge is 0.416 e. The Bertz CT molecular complexity index is 913. The summed E-state index contributed by atoms with van der Waals surface area (Å²) in [4.78, 5) is 26.8. The Morgan fingerprint density at radius 2 is 1.80 bits per heavy atom. The summed E-state index contributed by atoms with van der Waals surface area (Å²) in [5.41, 5.74) is 0.566. The van der Waals surface area contributed by atoms with E-state index in [2.05, 4.69) is 0 Å². The first-order valence-electron chi connectivity index (χ1n) is 9.32. The molecule has 1 fully saturated rings. The van der Waals surface area contributed by atoms with Gasteiger partial charge < -0.3 is 9.64 Å². The Morgan fingerprint density at radius 1 is 1.13 bits per heavy atom. The molecule has 8 heteroatoms. The summed E-state index contributed by atoms with van der Waals surface area (Å²) in [6, 6.07) is 13.0. The molecule has 4 nitrogen and oxygen atoms in total. The Balaban J connectivity index is 1.88. The summed E-state index contributed by atoms with van der Waals surface area (Å²) in [5, 5.41) is -0.588. The van der Waals surface area contributed by atoms with E-state index >= 15 is 0 Å². The summed E-state index contributed by atoms with van der Waals surface area (Å²) in [6.07, 6.45) is -1.44. The van der Waals surface area contributed by atoms with E-state index in [9.17, 15) is 22.8 Å². The normalized spacial score (nSPS) is 19.3. The number of thioether (sulfide) groups is 1. The summed E-state index contributed by atoms with van der Waals surface area (Å²) < 4.78 is 43.7. The maximum atomic E-state index is 13.0. The van der Waals surface area contributed by atoms with Crippen LogP contribution >= 0.6 is 11.8 Å². The van der Waals surface area contributed by atoms with Crippen LogP contribution in [0.2, 0.25) is 0 Å². The van der Waals surface area contributed by atoms with Crippen LogP contribution in [0.4, 0.5) is 13.2 Å². The second-order valence-corrected chi connectivity index (χ2v) is 7.68. The van der Waals surface area contributed by atoms with Crippen LogP contribution in [0.25, 0.3) is 6.08 Å². The average Bonchev–Trinajstić information content (AvgIpc) is 3.18. The van der Waals surface area contributed by atoms with Crippen molar-refractivity contribution >= 4 is 29.7 Å². The number of nitrogens with zero attached hydrogens (tertiary/aromatic N) is 1. The van der Waals surface area contributed by atoms with E-state index in [4.69, 9.17) is 4.74 Å². The Labute approximate surface area is 176 Å².